The van der Waals surface area contributed by atoms with Gasteiger partial charge in [-0.3, -0.25) is 0 Å². The minimum atomic E-state index is 0.245. The average Bonchev–Trinajstić information content (AvgIpc) is 2.30. The molecule has 2 unspecified atom stereocenters. The molecule has 1 aromatic rings. The highest BCUT2D eigenvalue weighted by Gasteiger charge is 2.12. The summed E-state index contributed by atoms with van der Waals surface area (Å²) in [6, 6.07) is 11.2. The van der Waals surface area contributed by atoms with E-state index in [4.69, 9.17) is 5.11 Å². The Balaban J connectivity index is 2.60. The van der Waals surface area contributed by atoms with Crippen LogP contribution in [0.25, 0.3) is 0 Å². The van der Waals surface area contributed by atoms with Crippen LogP contribution in [0.4, 0.5) is 0 Å². The minimum absolute atomic E-state index is 0.245. The number of hydrogen-bond acceptors (Lipinski definition) is 3. The zero-order valence-electron chi connectivity index (χ0n) is 10.0. The van der Waals surface area contributed by atoms with Crippen molar-refractivity contribution in [1.29, 1.82) is 0 Å². The van der Waals surface area contributed by atoms with E-state index in [0.717, 1.165) is 12.2 Å². The fraction of sp³-hybridized carbons (Fsp3) is 0.538. The summed E-state index contributed by atoms with van der Waals surface area (Å²) in [5, 5.41) is 12.5. The molecule has 0 aliphatic carbocycles. The highest BCUT2D eigenvalue weighted by molar-refractivity contribution is 7.98. The van der Waals surface area contributed by atoms with Gasteiger partial charge in [0, 0.05) is 24.4 Å². The first-order valence-corrected chi connectivity index (χ1v) is 7.08. The lowest BCUT2D eigenvalue weighted by Gasteiger charge is -2.22. The van der Waals surface area contributed by atoms with Crippen molar-refractivity contribution < 1.29 is 5.11 Å². The molecule has 90 valence electrons. The topological polar surface area (TPSA) is 32.3 Å². The molecule has 0 aliphatic rings. The molecular weight excluding hydrogens is 218 g/mol. The zero-order chi connectivity index (χ0) is 11.8. The third-order valence-electron chi connectivity index (χ3n) is 2.58. The number of rotatable bonds is 7. The molecule has 16 heavy (non-hydrogen) atoms. The lowest BCUT2D eigenvalue weighted by atomic mass is 10.1. The molecule has 0 spiro atoms. The summed E-state index contributed by atoms with van der Waals surface area (Å²) in [5.41, 5.74) is 1.32. The number of nitrogens with one attached hydrogen (secondary N) is 1. The van der Waals surface area contributed by atoms with Crippen LogP contribution in [0.5, 0.6) is 0 Å². The van der Waals surface area contributed by atoms with Crippen LogP contribution in [0.1, 0.15) is 24.9 Å². The highest BCUT2D eigenvalue weighted by atomic mass is 32.2. The molecule has 0 aliphatic heterocycles. The predicted octanol–water partition coefficient (Wildman–Crippen LogP) is 2.45. The fourth-order valence-electron chi connectivity index (χ4n) is 1.71. The van der Waals surface area contributed by atoms with E-state index in [9.17, 15) is 0 Å². The van der Waals surface area contributed by atoms with E-state index < -0.39 is 0 Å². The number of aliphatic hydroxyl groups is 1. The number of thioether (sulfide) groups is 1. The van der Waals surface area contributed by atoms with Gasteiger partial charge >= 0.3 is 0 Å². The largest absolute Gasteiger partial charge is 0.396 e. The highest BCUT2D eigenvalue weighted by Crippen LogP contribution is 2.17. The van der Waals surface area contributed by atoms with Gasteiger partial charge in [0.2, 0.25) is 0 Å². The molecule has 0 saturated heterocycles. The lowest BCUT2D eigenvalue weighted by Crippen LogP contribution is -2.32. The molecule has 0 fully saturated rings. The third kappa shape index (κ3) is 4.56. The van der Waals surface area contributed by atoms with Crippen molar-refractivity contribution in [2.45, 2.75) is 25.4 Å². The molecule has 1 rings (SSSR count). The molecule has 1 aromatic carbocycles. The monoisotopic (exact) mass is 239 g/mol. The summed E-state index contributed by atoms with van der Waals surface area (Å²) in [4.78, 5) is 0. The summed E-state index contributed by atoms with van der Waals surface area (Å²) in [6.45, 7) is 2.36. The minimum Gasteiger partial charge on any atom is -0.396 e. The normalized spacial score (nSPS) is 14.7. The Hall–Kier alpha value is -0.510. The summed E-state index contributed by atoms with van der Waals surface area (Å²) < 4.78 is 0. The Morgan fingerprint density at radius 2 is 2.00 bits per heavy atom. The molecule has 2 N–H and O–H groups in total. The van der Waals surface area contributed by atoms with Gasteiger partial charge in [-0.2, -0.15) is 11.8 Å². The maximum Gasteiger partial charge on any atom is 0.0445 e. The van der Waals surface area contributed by atoms with Crippen molar-refractivity contribution in [3.05, 3.63) is 35.9 Å². The Morgan fingerprint density at radius 1 is 1.31 bits per heavy atom. The molecule has 0 aromatic heterocycles. The van der Waals surface area contributed by atoms with Gasteiger partial charge in [-0.15, -0.1) is 0 Å². The summed E-state index contributed by atoms with van der Waals surface area (Å²) >= 11 is 1.84. The standard InChI is InChI=1S/C13H21NOS/c1-11(8-9-15)14-13(10-16-2)12-6-4-3-5-7-12/h3-7,11,13-15H,8-10H2,1-2H3. The fourth-order valence-corrected chi connectivity index (χ4v) is 2.34. The van der Waals surface area contributed by atoms with Crippen molar-refractivity contribution in [1.82, 2.24) is 5.32 Å². The molecule has 0 bridgehead atoms. The van der Waals surface area contributed by atoms with Crippen LogP contribution in [0, 0.1) is 0 Å². The van der Waals surface area contributed by atoms with Gasteiger partial charge in [0.15, 0.2) is 0 Å². The van der Waals surface area contributed by atoms with Gasteiger partial charge in [-0.05, 0) is 25.2 Å². The average molecular weight is 239 g/mol. The Bertz CT molecular complexity index is 279. The van der Waals surface area contributed by atoms with E-state index in [1.54, 1.807) is 0 Å². The SMILES string of the molecule is CSCC(NC(C)CCO)c1ccccc1. The Kier molecular flexibility index (Phi) is 6.53. The molecule has 2 nitrogen and oxygen atoms in total. The van der Waals surface area contributed by atoms with Crippen molar-refractivity contribution in [3.63, 3.8) is 0 Å². The number of aliphatic hydroxyl groups excluding tert-OH is 1. The van der Waals surface area contributed by atoms with E-state index in [2.05, 4.69) is 42.8 Å². The second-order valence-corrected chi connectivity index (χ2v) is 4.91. The van der Waals surface area contributed by atoms with Gasteiger partial charge in [0.05, 0.1) is 0 Å². The molecule has 0 amide bonds. The molecule has 2 atom stereocenters. The van der Waals surface area contributed by atoms with E-state index in [-0.39, 0.29) is 6.61 Å². The van der Waals surface area contributed by atoms with E-state index >= 15 is 0 Å². The predicted molar refractivity (Wildman–Crippen MR) is 71.9 cm³/mol. The smallest absolute Gasteiger partial charge is 0.0445 e. The van der Waals surface area contributed by atoms with Gasteiger partial charge in [-0.1, -0.05) is 30.3 Å². The molecule has 3 heteroatoms. The van der Waals surface area contributed by atoms with Gasteiger partial charge in [0.25, 0.3) is 0 Å². The van der Waals surface area contributed by atoms with E-state index in [1.165, 1.54) is 5.56 Å². The summed E-state index contributed by atoms with van der Waals surface area (Å²) in [7, 11) is 0. The Labute approximate surface area is 102 Å². The van der Waals surface area contributed by atoms with Gasteiger partial charge in [-0.25, -0.2) is 0 Å². The summed E-state index contributed by atoms with van der Waals surface area (Å²) in [5.74, 6) is 1.06. The second-order valence-electron chi connectivity index (χ2n) is 4.00. The van der Waals surface area contributed by atoms with Gasteiger partial charge < -0.3 is 10.4 Å². The van der Waals surface area contributed by atoms with Crippen molar-refractivity contribution in [3.8, 4) is 0 Å². The van der Waals surface area contributed by atoms with Crippen LogP contribution in [0.2, 0.25) is 0 Å². The number of hydrogen-bond donors (Lipinski definition) is 2. The zero-order valence-corrected chi connectivity index (χ0v) is 10.8. The maximum atomic E-state index is 8.90. The van der Waals surface area contributed by atoms with Crippen molar-refractivity contribution in [2.24, 2.45) is 0 Å². The summed E-state index contributed by atoms with van der Waals surface area (Å²) in [6.07, 6.45) is 2.92. The van der Waals surface area contributed by atoms with E-state index in [0.29, 0.717) is 12.1 Å². The second kappa shape index (κ2) is 7.71. The van der Waals surface area contributed by atoms with Crippen molar-refractivity contribution in [2.75, 3.05) is 18.6 Å². The Morgan fingerprint density at radius 3 is 2.56 bits per heavy atom. The first-order valence-electron chi connectivity index (χ1n) is 5.68. The third-order valence-corrected chi connectivity index (χ3v) is 3.25. The van der Waals surface area contributed by atoms with Crippen LogP contribution >= 0.6 is 11.8 Å². The number of benzene rings is 1. The molecule has 0 radical (unpaired) electrons. The molecule has 0 saturated carbocycles. The maximum absolute atomic E-state index is 8.90. The lowest BCUT2D eigenvalue weighted by molar-refractivity contribution is 0.265. The first-order chi connectivity index (χ1) is 7.77. The van der Waals surface area contributed by atoms with E-state index in [1.807, 2.05) is 17.8 Å². The molecular formula is C13H21NOS. The van der Waals surface area contributed by atoms with Crippen LogP contribution in [0.3, 0.4) is 0 Å². The van der Waals surface area contributed by atoms with Crippen LogP contribution < -0.4 is 5.32 Å². The quantitative estimate of drug-likeness (QED) is 0.766. The van der Waals surface area contributed by atoms with Gasteiger partial charge in [0.1, 0.15) is 0 Å². The van der Waals surface area contributed by atoms with Crippen LogP contribution in [0.15, 0.2) is 30.3 Å². The first kappa shape index (κ1) is 13.6. The molecule has 0 heterocycles. The van der Waals surface area contributed by atoms with Crippen LogP contribution in [-0.2, 0) is 0 Å². The van der Waals surface area contributed by atoms with Crippen LogP contribution in [-0.4, -0.2) is 29.8 Å². The van der Waals surface area contributed by atoms with Crippen molar-refractivity contribution >= 4 is 11.8 Å².